The van der Waals surface area contributed by atoms with Crippen molar-refractivity contribution in [3.63, 3.8) is 0 Å². The molecule has 1 aliphatic rings. The number of carboxylic acid groups (broad SMARTS) is 1. The summed E-state index contributed by atoms with van der Waals surface area (Å²) < 4.78 is 0. The zero-order valence-corrected chi connectivity index (χ0v) is 16.8. The molecule has 0 saturated carbocycles. The van der Waals surface area contributed by atoms with Crippen LogP contribution >= 0.6 is 0 Å². The van der Waals surface area contributed by atoms with E-state index in [1.807, 2.05) is 13.8 Å². The molecule has 6 atom stereocenters. The number of carboxylic acids is 1. The zero-order chi connectivity index (χ0) is 21.6. The van der Waals surface area contributed by atoms with Crippen LogP contribution in [0.25, 0.3) is 0 Å². The molecule has 0 aromatic carbocycles. The van der Waals surface area contributed by atoms with Gasteiger partial charge in [-0.3, -0.25) is 14.4 Å². The van der Waals surface area contributed by atoms with Crippen LogP contribution in [-0.4, -0.2) is 75.6 Å². The molecular weight excluding hydrogens is 368 g/mol. The van der Waals surface area contributed by atoms with Crippen LogP contribution in [0.4, 0.5) is 0 Å². The Hall–Kier alpha value is -2.20. The maximum Gasteiger partial charge on any atom is 0.328 e. The average Bonchev–Trinajstić information content (AvgIpc) is 3.11. The monoisotopic (exact) mass is 400 g/mol. The Bertz CT molecular complexity index is 595. The molecular formula is C18H32N4O6. The van der Waals surface area contributed by atoms with Crippen LogP contribution in [0.15, 0.2) is 0 Å². The number of aliphatic hydroxyl groups is 1. The van der Waals surface area contributed by atoms with Gasteiger partial charge in [-0.25, -0.2) is 4.79 Å². The van der Waals surface area contributed by atoms with Gasteiger partial charge in [-0.05, 0) is 32.6 Å². The topological polar surface area (TPSA) is 162 Å². The van der Waals surface area contributed by atoms with E-state index in [0.717, 1.165) is 0 Å². The van der Waals surface area contributed by atoms with Crippen LogP contribution in [0.3, 0.4) is 0 Å². The zero-order valence-electron chi connectivity index (χ0n) is 16.8. The first-order valence-corrected chi connectivity index (χ1v) is 9.58. The average molecular weight is 400 g/mol. The van der Waals surface area contributed by atoms with E-state index >= 15 is 0 Å². The van der Waals surface area contributed by atoms with Crippen molar-refractivity contribution in [1.29, 1.82) is 0 Å². The van der Waals surface area contributed by atoms with Crippen LogP contribution in [0.2, 0.25) is 0 Å². The Kier molecular flexibility index (Phi) is 8.83. The molecule has 1 rings (SSSR count). The van der Waals surface area contributed by atoms with Crippen molar-refractivity contribution < 1.29 is 29.4 Å². The number of aliphatic carboxylic acids is 1. The largest absolute Gasteiger partial charge is 0.480 e. The molecule has 0 aromatic heterocycles. The number of hydrogen-bond acceptors (Lipinski definition) is 6. The van der Waals surface area contributed by atoms with E-state index < -0.39 is 54.0 Å². The molecule has 1 saturated heterocycles. The summed E-state index contributed by atoms with van der Waals surface area (Å²) in [6.45, 7) is 6.81. The van der Waals surface area contributed by atoms with Gasteiger partial charge in [0.2, 0.25) is 17.7 Å². The first-order chi connectivity index (χ1) is 13.0. The van der Waals surface area contributed by atoms with Gasteiger partial charge in [0, 0.05) is 6.54 Å². The number of carbonyl (C=O) groups excluding carboxylic acids is 3. The van der Waals surface area contributed by atoms with Gasteiger partial charge in [-0.1, -0.05) is 20.3 Å². The van der Waals surface area contributed by atoms with Crippen molar-refractivity contribution in [2.24, 2.45) is 11.7 Å². The van der Waals surface area contributed by atoms with E-state index in [1.165, 1.54) is 18.7 Å². The fourth-order valence-electron chi connectivity index (χ4n) is 3.09. The number of carbonyl (C=O) groups is 4. The maximum absolute atomic E-state index is 13.1. The summed E-state index contributed by atoms with van der Waals surface area (Å²) in [5.74, 6) is -3.03. The predicted octanol–water partition coefficient (Wildman–Crippen LogP) is -1.19. The van der Waals surface area contributed by atoms with Crippen molar-refractivity contribution in [3.05, 3.63) is 0 Å². The Labute approximate surface area is 164 Å². The van der Waals surface area contributed by atoms with Gasteiger partial charge in [0.15, 0.2) is 6.04 Å². The molecule has 0 bridgehead atoms. The molecule has 1 aliphatic heterocycles. The van der Waals surface area contributed by atoms with Crippen molar-refractivity contribution in [2.75, 3.05) is 6.54 Å². The van der Waals surface area contributed by atoms with Gasteiger partial charge in [0.05, 0.1) is 12.1 Å². The van der Waals surface area contributed by atoms with Crippen LogP contribution in [-0.2, 0) is 19.2 Å². The van der Waals surface area contributed by atoms with Gasteiger partial charge < -0.3 is 31.5 Å². The molecule has 0 aliphatic carbocycles. The van der Waals surface area contributed by atoms with Gasteiger partial charge in [-0.15, -0.1) is 0 Å². The second-order valence-corrected chi connectivity index (χ2v) is 7.42. The summed E-state index contributed by atoms with van der Waals surface area (Å²) in [6.07, 6.45) is 0.289. The molecule has 10 nitrogen and oxygen atoms in total. The number of hydrogen-bond donors (Lipinski definition) is 5. The lowest BCUT2D eigenvalue weighted by atomic mass is 9.97. The fourth-order valence-corrected chi connectivity index (χ4v) is 3.09. The lowest BCUT2D eigenvalue weighted by Crippen LogP contribution is -2.59. The highest BCUT2D eigenvalue weighted by atomic mass is 16.4. The number of aliphatic hydroxyl groups excluding tert-OH is 1. The number of likely N-dealkylation sites (tertiary alicyclic amines) is 1. The van der Waals surface area contributed by atoms with Crippen LogP contribution < -0.4 is 16.4 Å². The highest BCUT2D eigenvalue weighted by Gasteiger charge is 2.40. The molecule has 1 heterocycles. The van der Waals surface area contributed by atoms with Gasteiger partial charge >= 0.3 is 5.97 Å². The Morgan fingerprint density at radius 3 is 2.21 bits per heavy atom. The molecule has 3 amide bonds. The number of nitrogens with one attached hydrogen (secondary N) is 2. The van der Waals surface area contributed by atoms with Crippen molar-refractivity contribution >= 4 is 23.7 Å². The third-order valence-electron chi connectivity index (χ3n) is 5.08. The van der Waals surface area contributed by atoms with E-state index in [9.17, 15) is 24.3 Å². The summed E-state index contributed by atoms with van der Waals surface area (Å²) in [7, 11) is 0. The number of rotatable bonds is 9. The van der Waals surface area contributed by atoms with E-state index in [0.29, 0.717) is 25.8 Å². The van der Waals surface area contributed by atoms with Gasteiger partial charge in [0.25, 0.3) is 0 Å². The number of nitrogens with two attached hydrogens (primary N) is 1. The minimum Gasteiger partial charge on any atom is -0.480 e. The summed E-state index contributed by atoms with van der Waals surface area (Å²) in [6, 6.07) is -3.93. The Morgan fingerprint density at radius 1 is 1.14 bits per heavy atom. The van der Waals surface area contributed by atoms with E-state index in [1.54, 1.807) is 0 Å². The fraction of sp³-hybridized carbons (Fsp3) is 0.778. The van der Waals surface area contributed by atoms with E-state index in [2.05, 4.69) is 10.6 Å². The van der Waals surface area contributed by atoms with Crippen molar-refractivity contribution in [1.82, 2.24) is 15.5 Å². The lowest BCUT2D eigenvalue weighted by Gasteiger charge is -2.32. The molecule has 160 valence electrons. The molecule has 6 unspecified atom stereocenters. The molecule has 0 spiro atoms. The first kappa shape index (κ1) is 23.8. The smallest absolute Gasteiger partial charge is 0.328 e. The molecule has 10 heteroatoms. The summed E-state index contributed by atoms with van der Waals surface area (Å²) in [5.41, 5.74) is 5.59. The van der Waals surface area contributed by atoms with E-state index in [-0.39, 0.29) is 5.92 Å². The van der Waals surface area contributed by atoms with Crippen LogP contribution in [0, 0.1) is 5.92 Å². The standard InChI is InChI=1S/C18H32N4O6/c1-5-9(2)13(20-15(24)10(3)19)17(26)22-8-6-7-12(22)16(25)21-14(11(4)23)18(27)28/h9-14,23H,5-8,19H2,1-4H3,(H,20,24)(H,21,25)(H,27,28). The van der Waals surface area contributed by atoms with E-state index in [4.69, 9.17) is 10.8 Å². The number of nitrogens with zero attached hydrogens (tertiary/aromatic N) is 1. The minimum atomic E-state index is -1.46. The SMILES string of the molecule is CCC(C)C(NC(=O)C(C)N)C(=O)N1CCCC1C(=O)NC(C(=O)O)C(C)O. The summed E-state index contributed by atoms with van der Waals surface area (Å²) in [5, 5.41) is 23.7. The van der Waals surface area contributed by atoms with Gasteiger partial charge in [0.1, 0.15) is 12.1 Å². The number of amides is 3. The second-order valence-electron chi connectivity index (χ2n) is 7.42. The highest BCUT2D eigenvalue weighted by Crippen LogP contribution is 2.21. The predicted molar refractivity (Wildman–Crippen MR) is 101 cm³/mol. The molecule has 0 aromatic rings. The lowest BCUT2D eigenvalue weighted by molar-refractivity contribution is -0.147. The minimum absolute atomic E-state index is 0.177. The van der Waals surface area contributed by atoms with Crippen molar-refractivity contribution in [2.45, 2.75) is 77.2 Å². The second kappa shape index (κ2) is 10.4. The van der Waals surface area contributed by atoms with Gasteiger partial charge in [-0.2, -0.15) is 0 Å². The molecule has 28 heavy (non-hydrogen) atoms. The summed E-state index contributed by atoms with van der Waals surface area (Å²) >= 11 is 0. The maximum atomic E-state index is 13.1. The van der Waals surface area contributed by atoms with Crippen LogP contribution in [0.1, 0.15) is 47.0 Å². The first-order valence-electron chi connectivity index (χ1n) is 9.58. The molecule has 6 N–H and O–H groups in total. The Balaban J connectivity index is 2.98. The molecule has 1 fully saturated rings. The van der Waals surface area contributed by atoms with Crippen LogP contribution in [0.5, 0.6) is 0 Å². The third kappa shape index (κ3) is 5.90. The molecule has 0 radical (unpaired) electrons. The van der Waals surface area contributed by atoms with Crippen molar-refractivity contribution in [3.8, 4) is 0 Å². The normalized spacial score (nSPS) is 21.9. The third-order valence-corrected chi connectivity index (χ3v) is 5.08. The Morgan fingerprint density at radius 2 is 1.75 bits per heavy atom. The highest BCUT2D eigenvalue weighted by molar-refractivity contribution is 5.94. The summed E-state index contributed by atoms with van der Waals surface area (Å²) in [4.78, 5) is 50.3. The quantitative estimate of drug-likeness (QED) is 0.325.